The van der Waals surface area contributed by atoms with Crippen molar-refractivity contribution in [2.24, 2.45) is 0 Å². The van der Waals surface area contributed by atoms with Gasteiger partial charge in [0.05, 0.1) is 0 Å². The number of benzene rings is 1. The smallest absolute Gasteiger partial charge is 0.332 e. The van der Waals surface area contributed by atoms with Crippen molar-refractivity contribution in [1.29, 1.82) is 0 Å². The molecule has 3 heteroatoms. The fourth-order valence-corrected chi connectivity index (χ4v) is 1.29. The second-order valence-electron chi connectivity index (χ2n) is 2.89. The number of esters is 1. The van der Waals surface area contributed by atoms with Crippen molar-refractivity contribution in [3.63, 3.8) is 0 Å². The third kappa shape index (κ3) is 1.87. The van der Waals surface area contributed by atoms with Crippen molar-refractivity contribution < 1.29 is 14.3 Å². The normalized spacial score (nSPS) is 22.5. The highest BCUT2D eigenvalue weighted by Gasteiger charge is 2.21. The van der Waals surface area contributed by atoms with Crippen molar-refractivity contribution in [2.75, 3.05) is 13.2 Å². The van der Waals surface area contributed by atoms with Crippen LogP contribution in [-0.2, 0) is 14.3 Å². The zero-order valence-electron chi connectivity index (χ0n) is 7.10. The molecule has 1 aliphatic heterocycles. The van der Waals surface area contributed by atoms with Crippen LogP contribution in [0.4, 0.5) is 0 Å². The first kappa shape index (κ1) is 8.26. The van der Waals surface area contributed by atoms with E-state index in [0.717, 1.165) is 5.56 Å². The summed E-state index contributed by atoms with van der Waals surface area (Å²) in [6.07, 6.45) is -0.0982. The van der Waals surface area contributed by atoms with E-state index in [4.69, 9.17) is 9.47 Å². The molecular formula is C10H10O3. The summed E-state index contributed by atoms with van der Waals surface area (Å²) in [7, 11) is 0. The number of cyclic esters (lactones) is 1. The average Bonchev–Trinajstić information content (AvgIpc) is 2.20. The lowest BCUT2D eigenvalue weighted by Crippen LogP contribution is -2.26. The van der Waals surface area contributed by atoms with Crippen LogP contribution < -0.4 is 0 Å². The maximum atomic E-state index is 10.7. The van der Waals surface area contributed by atoms with Crippen LogP contribution >= 0.6 is 0 Å². The summed E-state index contributed by atoms with van der Waals surface area (Å²) in [6.45, 7) is 0.377. The molecule has 1 aromatic rings. The van der Waals surface area contributed by atoms with Gasteiger partial charge in [0.15, 0.2) is 0 Å². The summed E-state index contributed by atoms with van der Waals surface area (Å²) in [5.41, 5.74) is 1.05. The van der Waals surface area contributed by atoms with Gasteiger partial charge in [0.2, 0.25) is 0 Å². The van der Waals surface area contributed by atoms with Crippen LogP contribution in [0, 0.1) is 0 Å². The number of carbonyl (C=O) groups is 1. The van der Waals surface area contributed by atoms with Crippen molar-refractivity contribution in [3.05, 3.63) is 35.9 Å². The van der Waals surface area contributed by atoms with Crippen LogP contribution in [0.25, 0.3) is 0 Å². The topological polar surface area (TPSA) is 35.5 Å². The van der Waals surface area contributed by atoms with E-state index >= 15 is 0 Å². The molecule has 0 unspecified atom stereocenters. The van der Waals surface area contributed by atoms with Crippen molar-refractivity contribution in [1.82, 2.24) is 0 Å². The summed E-state index contributed by atoms with van der Waals surface area (Å²) in [5.74, 6) is -0.285. The van der Waals surface area contributed by atoms with Crippen LogP contribution in [-0.4, -0.2) is 19.2 Å². The minimum Gasteiger partial charge on any atom is -0.461 e. The highest BCUT2D eigenvalue weighted by atomic mass is 16.6. The Morgan fingerprint density at radius 2 is 2.00 bits per heavy atom. The Labute approximate surface area is 76.3 Å². The molecule has 1 atom stereocenters. The maximum Gasteiger partial charge on any atom is 0.332 e. The third-order valence-electron chi connectivity index (χ3n) is 1.97. The Bertz CT molecular complexity index is 284. The Morgan fingerprint density at radius 3 is 2.62 bits per heavy atom. The lowest BCUT2D eigenvalue weighted by atomic mass is 10.1. The minimum absolute atomic E-state index is 0.0551. The van der Waals surface area contributed by atoms with Crippen LogP contribution in [0.3, 0.4) is 0 Å². The van der Waals surface area contributed by atoms with Gasteiger partial charge >= 0.3 is 5.97 Å². The average molecular weight is 178 g/mol. The number of hydrogen-bond acceptors (Lipinski definition) is 3. The van der Waals surface area contributed by atoms with E-state index in [1.807, 2.05) is 30.3 Å². The summed E-state index contributed by atoms with van der Waals surface area (Å²) >= 11 is 0. The standard InChI is InChI=1S/C10H10O3/c11-10-7-12-9(6-13-10)8-4-2-1-3-5-8/h1-5,9H,6-7H2/t9-/m0/s1. The molecule has 0 spiro atoms. The molecule has 1 aliphatic rings. The van der Waals surface area contributed by atoms with E-state index in [0.29, 0.717) is 6.61 Å². The first-order chi connectivity index (χ1) is 6.36. The molecule has 0 aromatic heterocycles. The number of rotatable bonds is 1. The van der Waals surface area contributed by atoms with Gasteiger partial charge in [-0.1, -0.05) is 30.3 Å². The molecule has 1 saturated heterocycles. The minimum atomic E-state index is -0.285. The number of carbonyl (C=O) groups excluding carboxylic acids is 1. The lowest BCUT2D eigenvalue weighted by molar-refractivity contribution is -0.168. The predicted molar refractivity (Wildman–Crippen MR) is 46.1 cm³/mol. The molecule has 0 aliphatic carbocycles. The number of ether oxygens (including phenoxy) is 2. The fourth-order valence-electron chi connectivity index (χ4n) is 1.29. The van der Waals surface area contributed by atoms with Crippen molar-refractivity contribution in [3.8, 4) is 0 Å². The Kier molecular flexibility index (Phi) is 2.27. The van der Waals surface area contributed by atoms with Gasteiger partial charge in [0, 0.05) is 0 Å². The first-order valence-electron chi connectivity index (χ1n) is 4.18. The highest BCUT2D eigenvalue weighted by Crippen LogP contribution is 2.20. The van der Waals surface area contributed by atoms with Gasteiger partial charge in [-0.05, 0) is 5.56 Å². The second-order valence-corrected chi connectivity index (χ2v) is 2.89. The molecule has 0 N–H and O–H groups in total. The highest BCUT2D eigenvalue weighted by molar-refractivity contribution is 5.71. The Morgan fingerprint density at radius 1 is 1.23 bits per heavy atom. The molecule has 0 radical (unpaired) electrons. The van der Waals surface area contributed by atoms with Crippen LogP contribution in [0.2, 0.25) is 0 Å². The molecule has 68 valence electrons. The maximum absolute atomic E-state index is 10.7. The molecule has 2 rings (SSSR count). The van der Waals surface area contributed by atoms with Gasteiger partial charge in [-0.2, -0.15) is 0 Å². The molecule has 0 amide bonds. The Hall–Kier alpha value is -1.35. The lowest BCUT2D eigenvalue weighted by Gasteiger charge is -2.22. The molecule has 0 saturated carbocycles. The van der Waals surface area contributed by atoms with Crippen molar-refractivity contribution >= 4 is 5.97 Å². The molecule has 1 fully saturated rings. The van der Waals surface area contributed by atoms with Crippen LogP contribution in [0.1, 0.15) is 11.7 Å². The van der Waals surface area contributed by atoms with Crippen LogP contribution in [0.5, 0.6) is 0 Å². The fraction of sp³-hybridized carbons (Fsp3) is 0.300. The van der Waals surface area contributed by atoms with Gasteiger partial charge in [-0.25, -0.2) is 4.79 Å². The van der Waals surface area contributed by atoms with E-state index < -0.39 is 0 Å². The molecule has 1 heterocycles. The van der Waals surface area contributed by atoms with Crippen LogP contribution in [0.15, 0.2) is 30.3 Å². The second kappa shape index (κ2) is 3.58. The Balaban J connectivity index is 2.07. The molecular weight excluding hydrogens is 168 g/mol. The zero-order valence-corrected chi connectivity index (χ0v) is 7.10. The third-order valence-corrected chi connectivity index (χ3v) is 1.97. The van der Waals surface area contributed by atoms with E-state index in [1.54, 1.807) is 0 Å². The van der Waals surface area contributed by atoms with Gasteiger partial charge in [-0.15, -0.1) is 0 Å². The molecule has 3 nitrogen and oxygen atoms in total. The largest absolute Gasteiger partial charge is 0.461 e. The predicted octanol–water partition coefficient (Wildman–Crippen LogP) is 1.30. The monoisotopic (exact) mass is 178 g/mol. The van der Waals surface area contributed by atoms with E-state index in [9.17, 15) is 4.79 Å². The molecule has 1 aromatic carbocycles. The van der Waals surface area contributed by atoms with Gasteiger partial charge in [0.25, 0.3) is 0 Å². The van der Waals surface area contributed by atoms with Gasteiger partial charge in [-0.3, -0.25) is 0 Å². The summed E-state index contributed by atoms with van der Waals surface area (Å²) < 4.78 is 10.2. The van der Waals surface area contributed by atoms with Gasteiger partial charge in [0.1, 0.15) is 19.3 Å². The van der Waals surface area contributed by atoms with E-state index in [1.165, 1.54) is 0 Å². The van der Waals surface area contributed by atoms with Gasteiger partial charge < -0.3 is 9.47 Å². The molecule has 0 bridgehead atoms. The summed E-state index contributed by atoms with van der Waals surface area (Å²) in [4.78, 5) is 10.7. The summed E-state index contributed by atoms with van der Waals surface area (Å²) in [6, 6.07) is 9.75. The van der Waals surface area contributed by atoms with E-state index in [2.05, 4.69) is 0 Å². The zero-order chi connectivity index (χ0) is 9.10. The first-order valence-corrected chi connectivity index (χ1v) is 4.18. The summed E-state index contributed by atoms with van der Waals surface area (Å²) in [5, 5.41) is 0. The quantitative estimate of drug-likeness (QED) is 0.608. The van der Waals surface area contributed by atoms with E-state index in [-0.39, 0.29) is 18.7 Å². The molecule has 13 heavy (non-hydrogen) atoms. The van der Waals surface area contributed by atoms with Crippen molar-refractivity contribution in [2.45, 2.75) is 6.10 Å². The number of hydrogen-bond donors (Lipinski definition) is 0. The SMILES string of the molecule is O=C1CO[C@H](c2ccccc2)CO1.